The summed E-state index contributed by atoms with van der Waals surface area (Å²) in [5.41, 5.74) is 4.59. The van der Waals surface area contributed by atoms with E-state index in [1.54, 1.807) is 17.0 Å². The number of hydrogen-bond acceptors (Lipinski definition) is 3. The highest BCUT2D eigenvalue weighted by Gasteiger charge is 2.41. The van der Waals surface area contributed by atoms with Crippen LogP contribution >= 0.6 is 0 Å². The van der Waals surface area contributed by atoms with E-state index in [-0.39, 0.29) is 24.1 Å². The van der Waals surface area contributed by atoms with Crippen LogP contribution in [0.3, 0.4) is 0 Å². The highest BCUT2D eigenvalue weighted by Crippen LogP contribution is 2.42. The molecule has 6 heteroatoms. The van der Waals surface area contributed by atoms with Gasteiger partial charge in [0, 0.05) is 43.5 Å². The number of aryl methyl sites for hydroxylation is 2. The summed E-state index contributed by atoms with van der Waals surface area (Å²) in [7, 11) is 0. The summed E-state index contributed by atoms with van der Waals surface area (Å²) in [6.07, 6.45) is 3.31. The van der Waals surface area contributed by atoms with Crippen molar-refractivity contribution in [3.63, 3.8) is 0 Å². The Balaban J connectivity index is 1.45. The van der Waals surface area contributed by atoms with Gasteiger partial charge in [0.1, 0.15) is 5.82 Å². The van der Waals surface area contributed by atoms with Crippen LogP contribution in [0.1, 0.15) is 59.8 Å². The van der Waals surface area contributed by atoms with Crippen LogP contribution in [-0.2, 0) is 17.6 Å². The molecule has 168 valence electrons. The predicted molar refractivity (Wildman–Crippen MR) is 122 cm³/mol. The van der Waals surface area contributed by atoms with Crippen molar-refractivity contribution >= 4 is 17.5 Å². The number of halogens is 1. The van der Waals surface area contributed by atoms with Gasteiger partial charge in [0.05, 0.1) is 12.5 Å². The quantitative estimate of drug-likeness (QED) is 0.730. The van der Waals surface area contributed by atoms with Crippen LogP contribution in [0, 0.1) is 5.82 Å². The first kappa shape index (κ1) is 21.1. The third-order valence-electron chi connectivity index (χ3n) is 7.24. The van der Waals surface area contributed by atoms with E-state index in [0.717, 1.165) is 37.9 Å². The van der Waals surface area contributed by atoms with Crippen LogP contribution in [-0.4, -0.2) is 53.8 Å². The number of nitrogens with zero attached hydrogens (tertiary/aromatic N) is 3. The van der Waals surface area contributed by atoms with E-state index in [1.807, 2.05) is 11.0 Å². The maximum Gasteiger partial charge on any atom is 0.259 e. The molecular formula is C26H30FN3O2. The lowest BCUT2D eigenvalue weighted by molar-refractivity contribution is -0.133. The van der Waals surface area contributed by atoms with E-state index in [2.05, 4.69) is 24.8 Å². The molecule has 0 spiro atoms. The van der Waals surface area contributed by atoms with Gasteiger partial charge in [0.15, 0.2) is 0 Å². The fourth-order valence-corrected chi connectivity index (χ4v) is 5.42. The van der Waals surface area contributed by atoms with Crippen LogP contribution in [0.2, 0.25) is 0 Å². The number of benzene rings is 2. The highest BCUT2D eigenvalue weighted by molar-refractivity contribution is 6.11. The fraction of sp³-hybridized carbons (Fsp3) is 0.462. The Bertz CT molecular complexity index is 1060. The second-order valence-corrected chi connectivity index (χ2v) is 9.45. The average Bonchev–Trinajstić information content (AvgIpc) is 3.34. The minimum atomic E-state index is -0.402. The Morgan fingerprint density at radius 2 is 1.78 bits per heavy atom. The van der Waals surface area contributed by atoms with Crippen LogP contribution in [0.5, 0.6) is 0 Å². The molecule has 2 heterocycles. The van der Waals surface area contributed by atoms with Gasteiger partial charge in [-0.05, 0) is 74.1 Å². The molecule has 1 atom stereocenters. The summed E-state index contributed by atoms with van der Waals surface area (Å²) in [5, 5.41) is 0. The molecule has 1 unspecified atom stereocenters. The first-order chi connectivity index (χ1) is 15.4. The standard InChI is InChI=1S/C26H30FN3O2/c1-17(2)28-9-11-29(12-10-28)25(31)16-24-22-13-18-5-3-6-19(18)14-23(22)26(32)30(24)21-8-4-7-20(27)15-21/h4,7-8,13-15,17,24H,3,5-6,9-12,16H2,1-2H3. The maximum atomic E-state index is 14.0. The van der Waals surface area contributed by atoms with E-state index >= 15 is 0 Å². The molecule has 0 N–H and O–H groups in total. The number of carbonyl (C=O) groups excluding carboxylic acids is 2. The summed E-state index contributed by atoms with van der Waals surface area (Å²) in [6.45, 7) is 7.49. The molecule has 0 saturated carbocycles. The van der Waals surface area contributed by atoms with Gasteiger partial charge in [0.25, 0.3) is 5.91 Å². The first-order valence-electron chi connectivity index (χ1n) is 11.7. The minimum absolute atomic E-state index is 0.0564. The zero-order chi connectivity index (χ0) is 22.4. The van der Waals surface area contributed by atoms with Crippen LogP contribution in [0.25, 0.3) is 0 Å². The van der Waals surface area contributed by atoms with Gasteiger partial charge in [-0.1, -0.05) is 12.1 Å². The largest absolute Gasteiger partial charge is 0.340 e. The summed E-state index contributed by atoms with van der Waals surface area (Å²) < 4.78 is 14.0. The monoisotopic (exact) mass is 435 g/mol. The van der Waals surface area contributed by atoms with Crippen molar-refractivity contribution in [1.82, 2.24) is 9.80 Å². The Hall–Kier alpha value is -2.73. The molecule has 2 aromatic carbocycles. The van der Waals surface area contributed by atoms with Gasteiger partial charge in [-0.3, -0.25) is 14.5 Å². The SMILES string of the molecule is CC(C)N1CCN(C(=O)CC2c3cc4c(cc3C(=O)N2c2cccc(F)c2)CCC4)CC1. The van der Waals surface area contributed by atoms with E-state index in [0.29, 0.717) is 30.4 Å². The van der Waals surface area contributed by atoms with Crippen molar-refractivity contribution in [3.05, 3.63) is 64.5 Å². The third kappa shape index (κ3) is 3.71. The zero-order valence-electron chi connectivity index (χ0n) is 18.8. The van der Waals surface area contributed by atoms with Crippen molar-refractivity contribution in [3.8, 4) is 0 Å². The van der Waals surface area contributed by atoms with E-state index in [1.165, 1.54) is 23.3 Å². The Morgan fingerprint density at radius 1 is 1.06 bits per heavy atom. The number of anilines is 1. The summed E-state index contributed by atoms with van der Waals surface area (Å²) in [6, 6.07) is 10.3. The zero-order valence-corrected chi connectivity index (χ0v) is 18.8. The smallest absolute Gasteiger partial charge is 0.259 e. The van der Waals surface area contributed by atoms with Crippen LogP contribution in [0.4, 0.5) is 10.1 Å². The van der Waals surface area contributed by atoms with Crippen molar-refractivity contribution in [1.29, 1.82) is 0 Å². The highest BCUT2D eigenvalue weighted by atomic mass is 19.1. The van der Waals surface area contributed by atoms with Crippen molar-refractivity contribution < 1.29 is 14.0 Å². The number of rotatable bonds is 4. The first-order valence-corrected chi connectivity index (χ1v) is 11.7. The number of hydrogen-bond donors (Lipinski definition) is 0. The second kappa shape index (κ2) is 8.32. The Kier molecular flexibility index (Phi) is 5.49. The van der Waals surface area contributed by atoms with E-state index < -0.39 is 6.04 Å². The molecule has 2 amide bonds. The normalized spacial score (nSPS) is 20.8. The fourth-order valence-electron chi connectivity index (χ4n) is 5.42. The average molecular weight is 436 g/mol. The maximum absolute atomic E-state index is 14.0. The molecule has 3 aliphatic rings. The van der Waals surface area contributed by atoms with Crippen molar-refractivity contribution in [2.24, 2.45) is 0 Å². The molecule has 5 nitrogen and oxygen atoms in total. The molecule has 0 radical (unpaired) electrons. The van der Waals surface area contributed by atoms with Gasteiger partial charge < -0.3 is 9.80 Å². The van der Waals surface area contributed by atoms with Crippen molar-refractivity contribution in [2.75, 3.05) is 31.1 Å². The number of amides is 2. The Morgan fingerprint density at radius 3 is 2.47 bits per heavy atom. The molecule has 32 heavy (non-hydrogen) atoms. The van der Waals surface area contributed by atoms with Gasteiger partial charge in [-0.2, -0.15) is 0 Å². The molecule has 0 bridgehead atoms. The molecule has 1 saturated heterocycles. The van der Waals surface area contributed by atoms with Gasteiger partial charge in [0.2, 0.25) is 5.91 Å². The lowest BCUT2D eigenvalue weighted by Gasteiger charge is -2.37. The number of piperazine rings is 1. The number of carbonyl (C=O) groups is 2. The predicted octanol–water partition coefficient (Wildman–Crippen LogP) is 3.96. The summed E-state index contributed by atoms with van der Waals surface area (Å²) in [4.78, 5) is 32.7. The summed E-state index contributed by atoms with van der Waals surface area (Å²) in [5.74, 6) is -0.465. The molecule has 0 aromatic heterocycles. The summed E-state index contributed by atoms with van der Waals surface area (Å²) >= 11 is 0. The van der Waals surface area contributed by atoms with Crippen LogP contribution < -0.4 is 4.90 Å². The molecule has 1 aliphatic carbocycles. The van der Waals surface area contributed by atoms with Gasteiger partial charge >= 0.3 is 0 Å². The number of fused-ring (bicyclic) bond motifs is 2. The van der Waals surface area contributed by atoms with Gasteiger partial charge in [-0.15, -0.1) is 0 Å². The second-order valence-electron chi connectivity index (χ2n) is 9.45. The van der Waals surface area contributed by atoms with Gasteiger partial charge in [-0.25, -0.2) is 4.39 Å². The minimum Gasteiger partial charge on any atom is -0.340 e. The van der Waals surface area contributed by atoms with E-state index in [9.17, 15) is 14.0 Å². The topological polar surface area (TPSA) is 43.9 Å². The molecule has 5 rings (SSSR count). The lowest BCUT2D eigenvalue weighted by Crippen LogP contribution is -2.51. The Labute approximate surface area is 188 Å². The lowest BCUT2D eigenvalue weighted by atomic mass is 9.96. The molecular weight excluding hydrogens is 405 g/mol. The van der Waals surface area contributed by atoms with Crippen molar-refractivity contribution in [2.45, 2.75) is 51.6 Å². The molecule has 2 aromatic rings. The van der Waals surface area contributed by atoms with E-state index in [4.69, 9.17) is 0 Å². The molecule has 1 fully saturated rings. The van der Waals surface area contributed by atoms with Crippen LogP contribution in [0.15, 0.2) is 36.4 Å². The molecule has 2 aliphatic heterocycles. The third-order valence-corrected chi connectivity index (χ3v) is 7.24.